The molecule has 1 N–H and O–H groups in total. The molecule has 0 unspecified atom stereocenters. The zero-order valence-electron chi connectivity index (χ0n) is 16.3. The van der Waals surface area contributed by atoms with E-state index in [0.717, 1.165) is 6.42 Å². The van der Waals surface area contributed by atoms with E-state index in [9.17, 15) is 9.59 Å². The first-order valence-electron chi connectivity index (χ1n) is 9.21. The summed E-state index contributed by atoms with van der Waals surface area (Å²) in [4.78, 5) is 26.8. The summed E-state index contributed by atoms with van der Waals surface area (Å²) < 4.78 is 5.57. The van der Waals surface area contributed by atoms with Crippen LogP contribution < -0.4 is 10.1 Å². The number of amides is 2. The SMILES string of the molecule is CCCNC(=O)[C@H](C)N(Cc1ccc(Cl)cc1Cl)C(=O)COc1cccc(Cl)c1. The number of rotatable bonds is 9. The monoisotopic (exact) mass is 456 g/mol. The van der Waals surface area contributed by atoms with Crippen molar-refractivity contribution < 1.29 is 14.3 Å². The molecule has 0 aromatic heterocycles. The van der Waals surface area contributed by atoms with Gasteiger partial charge in [-0.1, -0.05) is 53.9 Å². The largest absolute Gasteiger partial charge is 0.484 e. The summed E-state index contributed by atoms with van der Waals surface area (Å²) in [6.45, 7) is 4.07. The minimum Gasteiger partial charge on any atom is -0.484 e. The van der Waals surface area contributed by atoms with Crippen LogP contribution >= 0.6 is 34.8 Å². The van der Waals surface area contributed by atoms with E-state index < -0.39 is 6.04 Å². The van der Waals surface area contributed by atoms with Gasteiger partial charge in [-0.05, 0) is 49.2 Å². The molecule has 0 bridgehead atoms. The fraction of sp³-hybridized carbons (Fsp3) is 0.333. The Balaban J connectivity index is 2.17. The second-order valence-electron chi connectivity index (χ2n) is 6.47. The van der Waals surface area contributed by atoms with Crippen LogP contribution in [-0.2, 0) is 16.1 Å². The lowest BCUT2D eigenvalue weighted by Gasteiger charge is -2.29. The van der Waals surface area contributed by atoms with Gasteiger partial charge in [-0.25, -0.2) is 0 Å². The average Bonchev–Trinajstić information content (AvgIpc) is 2.69. The van der Waals surface area contributed by atoms with Gasteiger partial charge in [-0.3, -0.25) is 9.59 Å². The Morgan fingerprint density at radius 1 is 1.10 bits per heavy atom. The minimum atomic E-state index is -0.705. The maximum atomic E-state index is 12.9. The summed E-state index contributed by atoms with van der Waals surface area (Å²) in [5.74, 6) is -0.124. The fourth-order valence-corrected chi connectivity index (χ4v) is 3.25. The summed E-state index contributed by atoms with van der Waals surface area (Å²) in [5, 5.41) is 4.24. The Morgan fingerprint density at radius 2 is 1.83 bits per heavy atom. The molecular weight excluding hydrogens is 435 g/mol. The van der Waals surface area contributed by atoms with Crippen molar-refractivity contribution in [2.24, 2.45) is 0 Å². The highest BCUT2D eigenvalue weighted by Crippen LogP contribution is 2.23. The molecule has 0 aliphatic heterocycles. The standard InChI is InChI=1S/C21H23Cl3N2O3/c1-3-9-25-21(28)14(2)26(12-15-7-8-17(23)11-19(15)24)20(27)13-29-18-6-4-5-16(22)10-18/h4-8,10-11,14H,3,9,12-13H2,1-2H3,(H,25,28)/t14-/m0/s1. The smallest absolute Gasteiger partial charge is 0.261 e. The number of hydrogen-bond donors (Lipinski definition) is 1. The predicted octanol–water partition coefficient (Wildman–Crippen LogP) is 4.97. The quantitative estimate of drug-likeness (QED) is 0.578. The Bertz CT molecular complexity index is 861. The van der Waals surface area contributed by atoms with Crippen molar-refractivity contribution in [1.82, 2.24) is 10.2 Å². The Labute approximate surface area is 185 Å². The third kappa shape index (κ3) is 7.11. The first-order chi connectivity index (χ1) is 13.8. The number of carbonyl (C=O) groups excluding carboxylic acids is 2. The van der Waals surface area contributed by atoms with Crippen LogP contribution in [0.15, 0.2) is 42.5 Å². The van der Waals surface area contributed by atoms with Crippen LogP contribution in [0.1, 0.15) is 25.8 Å². The van der Waals surface area contributed by atoms with E-state index in [2.05, 4.69) is 5.32 Å². The van der Waals surface area contributed by atoms with Gasteiger partial charge in [-0.2, -0.15) is 0 Å². The maximum absolute atomic E-state index is 12.9. The van der Waals surface area contributed by atoms with Crippen LogP contribution in [0.3, 0.4) is 0 Å². The molecule has 2 rings (SSSR count). The van der Waals surface area contributed by atoms with Crippen molar-refractivity contribution in [1.29, 1.82) is 0 Å². The number of benzene rings is 2. The van der Waals surface area contributed by atoms with Crippen molar-refractivity contribution in [3.8, 4) is 5.75 Å². The zero-order chi connectivity index (χ0) is 21.4. The average molecular weight is 458 g/mol. The van der Waals surface area contributed by atoms with Crippen molar-refractivity contribution in [2.45, 2.75) is 32.9 Å². The van der Waals surface area contributed by atoms with Gasteiger partial charge in [0.25, 0.3) is 5.91 Å². The normalized spacial score (nSPS) is 11.6. The number of carbonyl (C=O) groups is 2. The zero-order valence-corrected chi connectivity index (χ0v) is 18.5. The van der Waals surface area contributed by atoms with Gasteiger partial charge < -0.3 is 15.0 Å². The molecule has 2 aromatic carbocycles. The lowest BCUT2D eigenvalue weighted by atomic mass is 10.1. The van der Waals surface area contributed by atoms with Gasteiger partial charge in [0.15, 0.2) is 6.61 Å². The number of nitrogens with one attached hydrogen (secondary N) is 1. The van der Waals surface area contributed by atoms with E-state index in [1.807, 2.05) is 6.92 Å². The van der Waals surface area contributed by atoms with Crippen LogP contribution in [0, 0.1) is 0 Å². The molecule has 0 saturated heterocycles. The molecule has 29 heavy (non-hydrogen) atoms. The molecule has 8 heteroatoms. The summed E-state index contributed by atoms with van der Waals surface area (Å²) >= 11 is 18.2. The lowest BCUT2D eigenvalue weighted by molar-refractivity contribution is -0.142. The van der Waals surface area contributed by atoms with Crippen molar-refractivity contribution in [3.63, 3.8) is 0 Å². The van der Waals surface area contributed by atoms with Gasteiger partial charge in [0.05, 0.1) is 0 Å². The highest BCUT2D eigenvalue weighted by molar-refractivity contribution is 6.35. The van der Waals surface area contributed by atoms with Gasteiger partial charge in [0.1, 0.15) is 11.8 Å². The third-order valence-electron chi connectivity index (χ3n) is 4.23. The molecule has 1 atom stereocenters. The molecule has 0 heterocycles. The van der Waals surface area contributed by atoms with Crippen LogP contribution in [0.4, 0.5) is 0 Å². The van der Waals surface area contributed by atoms with Gasteiger partial charge in [0, 0.05) is 28.2 Å². The number of halogens is 3. The van der Waals surface area contributed by atoms with Crippen molar-refractivity contribution in [2.75, 3.05) is 13.2 Å². The van der Waals surface area contributed by atoms with Crippen LogP contribution in [0.25, 0.3) is 0 Å². The molecule has 2 aromatic rings. The molecule has 0 saturated carbocycles. The molecule has 0 radical (unpaired) electrons. The van der Waals surface area contributed by atoms with E-state index in [0.29, 0.717) is 32.9 Å². The van der Waals surface area contributed by atoms with E-state index in [1.54, 1.807) is 49.4 Å². The second-order valence-corrected chi connectivity index (χ2v) is 7.75. The second kappa shape index (κ2) is 11.3. The first kappa shape index (κ1) is 23.3. The van der Waals surface area contributed by atoms with Crippen LogP contribution in [0.2, 0.25) is 15.1 Å². The van der Waals surface area contributed by atoms with Crippen LogP contribution in [-0.4, -0.2) is 35.9 Å². The summed E-state index contributed by atoms with van der Waals surface area (Å²) in [7, 11) is 0. The van der Waals surface area contributed by atoms with Crippen LogP contribution in [0.5, 0.6) is 5.75 Å². The molecule has 5 nitrogen and oxygen atoms in total. The Morgan fingerprint density at radius 3 is 2.48 bits per heavy atom. The maximum Gasteiger partial charge on any atom is 0.261 e. The van der Waals surface area contributed by atoms with Gasteiger partial charge >= 0.3 is 0 Å². The van der Waals surface area contributed by atoms with Crippen molar-refractivity contribution in [3.05, 3.63) is 63.1 Å². The number of nitrogens with zero attached hydrogens (tertiary/aromatic N) is 1. The fourth-order valence-electron chi connectivity index (χ4n) is 2.60. The van der Waals surface area contributed by atoms with E-state index >= 15 is 0 Å². The topological polar surface area (TPSA) is 58.6 Å². The molecule has 156 valence electrons. The minimum absolute atomic E-state index is 0.147. The summed E-state index contributed by atoms with van der Waals surface area (Å²) in [6, 6.07) is 11.1. The molecule has 0 aliphatic carbocycles. The number of ether oxygens (including phenoxy) is 1. The third-order valence-corrected chi connectivity index (χ3v) is 5.05. The van der Waals surface area contributed by atoms with Gasteiger partial charge in [0.2, 0.25) is 5.91 Å². The molecular formula is C21H23Cl3N2O3. The Hall–Kier alpha value is -1.95. The highest BCUT2D eigenvalue weighted by Gasteiger charge is 2.27. The summed E-state index contributed by atoms with van der Waals surface area (Å²) in [5.41, 5.74) is 0.683. The molecule has 0 spiro atoms. The Kier molecular flexibility index (Phi) is 9.08. The van der Waals surface area contributed by atoms with E-state index in [-0.39, 0.29) is 25.0 Å². The predicted molar refractivity (Wildman–Crippen MR) is 117 cm³/mol. The molecule has 0 fully saturated rings. The van der Waals surface area contributed by atoms with E-state index in [1.165, 1.54) is 4.90 Å². The van der Waals surface area contributed by atoms with E-state index in [4.69, 9.17) is 39.5 Å². The van der Waals surface area contributed by atoms with Gasteiger partial charge in [-0.15, -0.1) is 0 Å². The molecule has 0 aliphatic rings. The van der Waals surface area contributed by atoms with Crippen molar-refractivity contribution >= 4 is 46.6 Å². The summed E-state index contributed by atoms with van der Waals surface area (Å²) in [6.07, 6.45) is 0.799. The lowest BCUT2D eigenvalue weighted by Crippen LogP contribution is -2.49. The molecule has 2 amide bonds. The first-order valence-corrected chi connectivity index (χ1v) is 10.3. The highest BCUT2D eigenvalue weighted by atomic mass is 35.5. The number of hydrogen-bond acceptors (Lipinski definition) is 3.